The first-order valence-corrected chi connectivity index (χ1v) is 5.84. The number of aromatic nitrogens is 1. The Kier molecular flexibility index (Phi) is 4.19. The van der Waals surface area contributed by atoms with E-state index in [1.54, 1.807) is 38.5 Å². The molecule has 0 aliphatic rings. The summed E-state index contributed by atoms with van der Waals surface area (Å²) in [5.41, 5.74) is 0.697. The van der Waals surface area contributed by atoms with Gasteiger partial charge in [0.15, 0.2) is 10.9 Å². The number of hydrogen-bond donors (Lipinski definition) is 2. The molecule has 0 spiro atoms. The largest absolute Gasteiger partial charge is 0.497 e. The third kappa shape index (κ3) is 3.35. The first kappa shape index (κ1) is 13.2. The third-order valence-electron chi connectivity index (χ3n) is 2.33. The van der Waals surface area contributed by atoms with Crippen molar-refractivity contribution in [2.45, 2.75) is 0 Å². The van der Waals surface area contributed by atoms with Crippen LogP contribution in [0.1, 0.15) is 0 Å². The molecular weight excluding hydrogens is 266 g/mol. The standard InChI is InChI=1S/C12H13N3O3S/c1-16-8-3-4-10(17-2)9(7-8)13-12(19)14-11-5-6-18-15-11/h3-7H,1-2H3,(H2,13,14,15,19). The molecule has 0 aliphatic heterocycles. The van der Waals surface area contributed by atoms with Crippen molar-refractivity contribution in [1.29, 1.82) is 0 Å². The van der Waals surface area contributed by atoms with Crippen molar-refractivity contribution in [3.63, 3.8) is 0 Å². The number of rotatable bonds is 4. The molecule has 2 aromatic rings. The molecule has 7 heteroatoms. The Morgan fingerprint density at radius 1 is 1.21 bits per heavy atom. The van der Waals surface area contributed by atoms with E-state index in [2.05, 4.69) is 15.8 Å². The topological polar surface area (TPSA) is 68.6 Å². The molecule has 1 heterocycles. The van der Waals surface area contributed by atoms with Crippen molar-refractivity contribution >= 4 is 28.8 Å². The van der Waals surface area contributed by atoms with Gasteiger partial charge in [0.1, 0.15) is 17.8 Å². The van der Waals surface area contributed by atoms with Crippen LogP contribution in [0.25, 0.3) is 0 Å². The van der Waals surface area contributed by atoms with Crippen molar-refractivity contribution in [3.8, 4) is 11.5 Å². The molecule has 1 aromatic carbocycles. The maximum atomic E-state index is 5.24. The monoisotopic (exact) mass is 279 g/mol. The van der Waals surface area contributed by atoms with Crippen LogP contribution in [0, 0.1) is 0 Å². The van der Waals surface area contributed by atoms with Gasteiger partial charge in [-0.15, -0.1) is 0 Å². The van der Waals surface area contributed by atoms with E-state index in [1.165, 1.54) is 6.26 Å². The summed E-state index contributed by atoms with van der Waals surface area (Å²) in [6.45, 7) is 0. The predicted octanol–water partition coefficient (Wildman–Crippen LogP) is 2.50. The Morgan fingerprint density at radius 2 is 2.05 bits per heavy atom. The minimum absolute atomic E-state index is 0.375. The van der Waals surface area contributed by atoms with Crippen LogP contribution in [0.5, 0.6) is 11.5 Å². The van der Waals surface area contributed by atoms with Gasteiger partial charge in [-0.05, 0) is 24.4 Å². The van der Waals surface area contributed by atoms with Gasteiger partial charge >= 0.3 is 0 Å². The maximum absolute atomic E-state index is 5.24. The minimum Gasteiger partial charge on any atom is -0.497 e. The zero-order valence-electron chi connectivity index (χ0n) is 10.5. The van der Waals surface area contributed by atoms with Crippen molar-refractivity contribution in [3.05, 3.63) is 30.5 Å². The molecule has 0 atom stereocenters. The highest BCUT2D eigenvalue weighted by Crippen LogP contribution is 2.28. The van der Waals surface area contributed by atoms with Gasteiger partial charge in [0.2, 0.25) is 0 Å². The molecule has 2 N–H and O–H groups in total. The zero-order valence-corrected chi connectivity index (χ0v) is 11.3. The summed E-state index contributed by atoms with van der Waals surface area (Å²) in [5.74, 6) is 1.89. The van der Waals surface area contributed by atoms with E-state index in [1.807, 2.05) is 0 Å². The Morgan fingerprint density at radius 3 is 2.68 bits per heavy atom. The van der Waals surface area contributed by atoms with E-state index in [0.29, 0.717) is 28.1 Å². The van der Waals surface area contributed by atoms with Gasteiger partial charge in [0.25, 0.3) is 0 Å². The van der Waals surface area contributed by atoms with Crippen LogP contribution in [0.3, 0.4) is 0 Å². The van der Waals surface area contributed by atoms with E-state index in [4.69, 9.17) is 26.2 Å². The van der Waals surface area contributed by atoms with Crippen molar-refractivity contribution in [1.82, 2.24) is 5.16 Å². The molecule has 0 saturated carbocycles. The molecule has 0 bridgehead atoms. The van der Waals surface area contributed by atoms with Crippen molar-refractivity contribution < 1.29 is 14.0 Å². The fourth-order valence-corrected chi connectivity index (χ4v) is 1.67. The molecule has 0 radical (unpaired) electrons. The first-order valence-electron chi connectivity index (χ1n) is 5.43. The van der Waals surface area contributed by atoms with Crippen LogP contribution < -0.4 is 20.1 Å². The van der Waals surface area contributed by atoms with E-state index in [0.717, 1.165) is 0 Å². The molecule has 0 unspecified atom stereocenters. The Hall–Kier alpha value is -2.28. The number of nitrogens with one attached hydrogen (secondary N) is 2. The Labute approximate surface area is 115 Å². The van der Waals surface area contributed by atoms with Gasteiger partial charge in [0, 0.05) is 12.1 Å². The second-order valence-electron chi connectivity index (χ2n) is 3.53. The number of benzene rings is 1. The second-order valence-corrected chi connectivity index (χ2v) is 3.94. The molecule has 19 heavy (non-hydrogen) atoms. The smallest absolute Gasteiger partial charge is 0.176 e. The van der Waals surface area contributed by atoms with E-state index in [-0.39, 0.29) is 0 Å². The van der Waals surface area contributed by atoms with Gasteiger partial charge < -0.3 is 24.6 Å². The summed E-state index contributed by atoms with van der Waals surface area (Å²) in [4.78, 5) is 0. The lowest BCUT2D eigenvalue weighted by molar-refractivity contribution is 0.405. The number of hydrogen-bond acceptors (Lipinski definition) is 5. The van der Waals surface area contributed by atoms with Crippen LogP contribution in [-0.4, -0.2) is 24.5 Å². The second kappa shape index (κ2) is 6.05. The average molecular weight is 279 g/mol. The third-order valence-corrected chi connectivity index (χ3v) is 2.54. The normalized spacial score (nSPS) is 9.79. The van der Waals surface area contributed by atoms with Crippen LogP contribution in [0.2, 0.25) is 0 Å². The predicted molar refractivity (Wildman–Crippen MR) is 75.9 cm³/mol. The lowest BCUT2D eigenvalue weighted by atomic mass is 10.2. The molecule has 6 nitrogen and oxygen atoms in total. The first-order chi connectivity index (χ1) is 9.22. The summed E-state index contributed by atoms with van der Waals surface area (Å²) in [6, 6.07) is 7.05. The fourth-order valence-electron chi connectivity index (χ4n) is 1.46. The fraction of sp³-hybridized carbons (Fsp3) is 0.167. The maximum Gasteiger partial charge on any atom is 0.176 e. The molecule has 0 aliphatic carbocycles. The highest BCUT2D eigenvalue weighted by molar-refractivity contribution is 7.80. The van der Waals surface area contributed by atoms with Crippen LogP contribution >= 0.6 is 12.2 Å². The molecule has 0 fully saturated rings. The summed E-state index contributed by atoms with van der Waals surface area (Å²) in [7, 11) is 3.18. The minimum atomic E-state index is 0.375. The van der Waals surface area contributed by atoms with Gasteiger partial charge in [-0.2, -0.15) is 0 Å². The molecule has 2 rings (SSSR count). The number of methoxy groups -OCH3 is 2. The van der Waals surface area contributed by atoms with Gasteiger partial charge in [-0.1, -0.05) is 5.16 Å². The van der Waals surface area contributed by atoms with Crippen LogP contribution in [0.15, 0.2) is 35.1 Å². The molecule has 0 amide bonds. The molecule has 100 valence electrons. The lowest BCUT2D eigenvalue weighted by Crippen LogP contribution is -2.19. The van der Waals surface area contributed by atoms with E-state index in [9.17, 15) is 0 Å². The SMILES string of the molecule is COc1ccc(OC)c(NC(=S)Nc2ccon2)c1. The summed E-state index contributed by atoms with van der Waals surface area (Å²) in [5, 5.41) is 9.97. The van der Waals surface area contributed by atoms with Gasteiger partial charge in [-0.25, -0.2) is 0 Å². The Balaban J connectivity index is 2.10. The average Bonchev–Trinajstić information content (AvgIpc) is 2.91. The quantitative estimate of drug-likeness (QED) is 0.833. The van der Waals surface area contributed by atoms with Crippen molar-refractivity contribution in [2.75, 3.05) is 24.9 Å². The van der Waals surface area contributed by atoms with E-state index >= 15 is 0 Å². The molecule has 1 aromatic heterocycles. The molecular formula is C12H13N3O3S. The summed E-state index contributed by atoms with van der Waals surface area (Å²) >= 11 is 5.17. The number of anilines is 2. The van der Waals surface area contributed by atoms with Gasteiger partial charge in [-0.3, -0.25) is 0 Å². The van der Waals surface area contributed by atoms with Crippen LogP contribution in [-0.2, 0) is 0 Å². The molecule has 0 saturated heterocycles. The van der Waals surface area contributed by atoms with Gasteiger partial charge in [0.05, 0.1) is 19.9 Å². The van der Waals surface area contributed by atoms with Crippen molar-refractivity contribution in [2.24, 2.45) is 0 Å². The zero-order chi connectivity index (χ0) is 13.7. The highest BCUT2D eigenvalue weighted by Gasteiger charge is 2.07. The Bertz CT molecular complexity index is 557. The number of ether oxygens (including phenoxy) is 2. The number of thiocarbonyl (C=S) groups is 1. The van der Waals surface area contributed by atoms with Crippen LogP contribution in [0.4, 0.5) is 11.5 Å². The van der Waals surface area contributed by atoms with E-state index < -0.39 is 0 Å². The summed E-state index contributed by atoms with van der Waals surface area (Å²) in [6.07, 6.45) is 1.46. The number of nitrogens with zero attached hydrogens (tertiary/aromatic N) is 1. The summed E-state index contributed by atoms with van der Waals surface area (Å²) < 4.78 is 15.1. The highest BCUT2D eigenvalue weighted by atomic mass is 32.1. The lowest BCUT2D eigenvalue weighted by Gasteiger charge is -2.13.